The molecular formula is C22H38Cl2N4O2. The lowest BCUT2D eigenvalue weighted by molar-refractivity contribution is -0.122. The van der Waals surface area contributed by atoms with Gasteiger partial charge in [-0.05, 0) is 50.6 Å². The van der Waals surface area contributed by atoms with Crippen molar-refractivity contribution in [2.24, 2.45) is 5.41 Å². The van der Waals surface area contributed by atoms with E-state index in [-0.39, 0.29) is 36.1 Å². The summed E-state index contributed by atoms with van der Waals surface area (Å²) in [5, 5.41) is 6.57. The van der Waals surface area contributed by atoms with E-state index in [2.05, 4.69) is 51.6 Å². The normalized spacial score (nSPS) is 18.8. The van der Waals surface area contributed by atoms with Crippen LogP contribution in [0.15, 0.2) is 24.3 Å². The summed E-state index contributed by atoms with van der Waals surface area (Å²) in [7, 11) is 1.75. The van der Waals surface area contributed by atoms with Gasteiger partial charge in [0, 0.05) is 63.9 Å². The highest BCUT2D eigenvalue weighted by Gasteiger charge is 2.32. The number of hydrogen-bond donors (Lipinski definition) is 2. The molecule has 172 valence electrons. The minimum atomic E-state index is 0. The molecule has 0 aromatic heterocycles. The SMILES string of the molecule is COCC1(CNC(=O)CCN2CCN(c3cccc(C)c3)CC2)CCNCC1.Cl.Cl. The van der Waals surface area contributed by atoms with Crippen LogP contribution in [0.5, 0.6) is 0 Å². The molecule has 1 amide bonds. The Morgan fingerprint density at radius 1 is 1.17 bits per heavy atom. The number of methoxy groups -OCH3 is 1. The highest BCUT2D eigenvalue weighted by molar-refractivity contribution is 5.85. The number of rotatable bonds is 8. The predicted molar refractivity (Wildman–Crippen MR) is 128 cm³/mol. The molecule has 0 unspecified atom stereocenters. The quantitative estimate of drug-likeness (QED) is 0.623. The molecule has 2 aliphatic rings. The van der Waals surface area contributed by atoms with Crippen LogP contribution in [0.2, 0.25) is 0 Å². The molecule has 2 fully saturated rings. The Morgan fingerprint density at radius 3 is 2.50 bits per heavy atom. The van der Waals surface area contributed by atoms with Crippen molar-refractivity contribution in [2.45, 2.75) is 26.2 Å². The van der Waals surface area contributed by atoms with E-state index in [1.807, 2.05) is 0 Å². The molecule has 0 radical (unpaired) electrons. The molecule has 30 heavy (non-hydrogen) atoms. The summed E-state index contributed by atoms with van der Waals surface area (Å²) in [5.41, 5.74) is 2.70. The molecule has 1 aromatic carbocycles. The maximum Gasteiger partial charge on any atom is 0.221 e. The van der Waals surface area contributed by atoms with Crippen LogP contribution in [-0.4, -0.2) is 76.9 Å². The van der Waals surface area contributed by atoms with Crippen molar-refractivity contribution in [1.82, 2.24) is 15.5 Å². The third kappa shape index (κ3) is 7.89. The Labute approximate surface area is 193 Å². The van der Waals surface area contributed by atoms with Crippen molar-refractivity contribution in [3.8, 4) is 0 Å². The van der Waals surface area contributed by atoms with Crippen molar-refractivity contribution in [2.75, 3.05) is 71.0 Å². The molecule has 2 aliphatic heterocycles. The first-order valence-corrected chi connectivity index (χ1v) is 10.6. The smallest absolute Gasteiger partial charge is 0.221 e. The number of carbonyl (C=O) groups is 1. The van der Waals surface area contributed by atoms with E-state index >= 15 is 0 Å². The first-order valence-electron chi connectivity index (χ1n) is 10.6. The molecule has 0 spiro atoms. The molecule has 2 heterocycles. The minimum Gasteiger partial charge on any atom is -0.384 e. The van der Waals surface area contributed by atoms with Crippen LogP contribution in [0, 0.1) is 12.3 Å². The lowest BCUT2D eigenvalue weighted by Crippen LogP contribution is -2.49. The van der Waals surface area contributed by atoms with Crippen molar-refractivity contribution >= 4 is 36.4 Å². The topological polar surface area (TPSA) is 56.8 Å². The van der Waals surface area contributed by atoms with Gasteiger partial charge in [0.15, 0.2) is 0 Å². The monoisotopic (exact) mass is 460 g/mol. The van der Waals surface area contributed by atoms with Crippen molar-refractivity contribution in [3.63, 3.8) is 0 Å². The fourth-order valence-electron chi connectivity index (χ4n) is 4.32. The van der Waals surface area contributed by atoms with Gasteiger partial charge in [-0.15, -0.1) is 24.8 Å². The summed E-state index contributed by atoms with van der Waals surface area (Å²) < 4.78 is 5.43. The van der Waals surface area contributed by atoms with E-state index in [0.717, 1.165) is 71.8 Å². The van der Waals surface area contributed by atoms with Gasteiger partial charge in [0.05, 0.1) is 6.61 Å². The van der Waals surface area contributed by atoms with Crippen LogP contribution in [-0.2, 0) is 9.53 Å². The standard InChI is InChI=1S/C22H36N4O2.2ClH/c1-19-4-3-5-20(16-19)26-14-12-25(13-15-26)11-6-21(27)24-17-22(18-28-2)7-9-23-10-8-22;;/h3-5,16,23H,6-15,17-18H2,1-2H3,(H,24,27);2*1H. The highest BCUT2D eigenvalue weighted by Crippen LogP contribution is 2.28. The van der Waals surface area contributed by atoms with E-state index in [4.69, 9.17) is 4.74 Å². The molecule has 0 aliphatic carbocycles. The van der Waals surface area contributed by atoms with E-state index in [9.17, 15) is 4.79 Å². The summed E-state index contributed by atoms with van der Waals surface area (Å²) in [6.45, 7) is 10.5. The molecule has 3 rings (SSSR count). The van der Waals surface area contributed by atoms with Gasteiger partial charge in [-0.3, -0.25) is 9.69 Å². The number of carbonyl (C=O) groups excluding carboxylic acids is 1. The predicted octanol–water partition coefficient (Wildman–Crippen LogP) is 2.48. The zero-order chi connectivity index (χ0) is 19.8. The zero-order valence-electron chi connectivity index (χ0n) is 18.3. The van der Waals surface area contributed by atoms with E-state index in [0.29, 0.717) is 6.42 Å². The van der Waals surface area contributed by atoms with Crippen LogP contribution >= 0.6 is 24.8 Å². The molecule has 0 saturated carbocycles. The van der Waals surface area contributed by atoms with Gasteiger partial charge in [-0.1, -0.05) is 12.1 Å². The summed E-state index contributed by atoms with van der Waals surface area (Å²) in [6.07, 6.45) is 2.69. The average molecular weight is 461 g/mol. The molecule has 2 saturated heterocycles. The van der Waals surface area contributed by atoms with Crippen LogP contribution in [0.3, 0.4) is 0 Å². The molecule has 0 bridgehead atoms. The van der Waals surface area contributed by atoms with Gasteiger partial charge < -0.3 is 20.3 Å². The van der Waals surface area contributed by atoms with Crippen LogP contribution in [0.25, 0.3) is 0 Å². The number of piperidine rings is 1. The Kier molecular flexibility index (Phi) is 12.0. The molecular weight excluding hydrogens is 423 g/mol. The first-order chi connectivity index (χ1) is 13.6. The van der Waals surface area contributed by atoms with E-state index < -0.39 is 0 Å². The number of ether oxygens (including phenoxy) is 1. The zero-order valence-corrected chi connectivity index (χ0v) is 20.0. The third-order valence-corrected chi connectivity index (χ3v) is 6.17. The van der Waals surface area contributed by atoms with E-state index in [1.54, 1.807) is 7.11 Å². The Balaban J connectivity index is 0.00000225. The number of aryl methyl sites for hydroxylation is 1. The van der Waals surface area contributed by atoms with Gasteiger partial charge >= 0.3 is 0 Å². The maximum absolute atomic E-state index is 12.4. The van der Waals surface area contributed by atoms with Crippen molar-refractivity contribution in [3.05, 3.63) is 29.8 Å². The van der Waals surface area contributed by atoms with Crippen LogP contribution in [0.4, 0.5) is 5.69 Å². The fraction of sp³-hybridized carbons (Fsp3) is 0.682. The van der Waals surface area contributed by atoms with Crippen LogP contribution in [0.1, 0.15) is 24.8 Å². The summed E-state index contributed by atoms with van der Waals surface area (Å²) >= 11 is 0. The van der Waals surface area contributed by atoms with Gasteiger partial charge in [0.2, 0.25) is 5.91 Å². The summed E-state index contributed by atoms with van der Waals surface area (Å²) in [5.74, 6) is 0.162. The van der Waals surface area contributed by atoms with E-state index in [1.165, 1.54) is 11.3 Å². The average Bonchev–Trinajstić information content (AvgIpc) is 2.72. The lowest BCUT2D eigenvalue weighted by atomic mass is 9.79. The molecule has 2 N–H and O–H groups in total. The maximum atomic E-state index is 12.4. The van der Waals surface area contributed by atoms with Gasteiger partial charge in [0.1, 0.15) is 0 Å². The first kappa shape index (κ1) is 27.0. The largest absolute Gasteiger partial charge is 0.384 e. The summed E-state index contributed by atoms with van der Waals surface area (Å²) in [4.78, 5) is 17.2. The van der Waals surface area contributed by atoms with Gasteiger partial charge in [-0.25, -0.2) is 0 Å². The second kappa shape index (κ2) is 13.4. The number of anilines is 1. The molecule has 8 heteroatoms. The second-order valence-corrected chi connectivity index (χ2v) is 8.38. The Hall–Kier alpha value is -1.05. The fourth-order valence-corrected chi connectivity index (χ4v) is 4.32. The summed E-state index contributed by atoms with van der Waals surface area (Å²) in [6, 6.07) is 8.70. The second-order valence-electron chi connectivity index (χ2n) is 8.38. The van der Waals surface area contributed by atoms with Gasteiger partial charge in [-0.2, -0.15) is 0 Å². The van der Waals surface area contributed by atoms with Crippen molar-refractivity contribution < 1.29 is 9.53 Å². The number of hydrogen-bond acceptors (Lipinski definition) is 5. The van der Waals surface area contributed by atoms with Crippen molar-refractivity contribution in [1.29, 1.82) is 0 Å². The lowest BCUT2D eigenvalue weighted by Gasteiger charge is -2.37. The minimum absolute atomic E-state index is 0. The van der Waals surface area contributed by atoms with Gasteiger partial charge in [0.25, 0.3) is 0 Å². The number of nitrogens with one attached hydrogen (secondary N) is 2. The number of amides is 1. The third-order valence-electron chi connectivity index (χ3n) is 6.17. The highest BCUT2D eigenvalue weighted by atomic mass is 35.5. The number of benzene rings is 1. The Morgan fingerprint density at radius 2 is 1.87 bits per heavy atom. The number of halogens is 2. The molecule has 0 atom stereocenters. The van der Waals surface area contributed by atoms with Crippen LogP contribution < -0.4 is 15.5 Å². The molecule has 1 aromatic rings. The Bertz CT molecular complexity index is 628. The number of nitrogens with zero attached hydrogens (tertiary/aromatic N) is 2. The molecule has 6 nitrogen and oxygen atoms in total. The number of piperazine rings is 1.